The van der Waals surface area contributed by atoms with Crippen LogP contribution in [0.25, 0.3) is 11.0 Å². The summed E-state index contributed by atoms with van der Waals surface area (Å²) < 4.78 is 5.71. The van der Waals surface area contributed by atoms with E-state index in [1.807, 2.05) is 30.3 Å². The topological polar surface area (TPSA) is 45.4 Å². The van der Waals surface area contributed by atoms with Crippen LogP contribution in [-0.2, 0) is 0 Å². The maximum absolute atomic E-state index is 10.3. The van der Waals surface area contributed by atoms with Gasteiger partial charge in [-0.1, -0.05) is 18.2 Å². The van der Waals surface area contributed by atoms with Gasteiger partial charge in [0.05, 0.1) is 0 Å². The first kappa shape index (κ1) is 10.8. The average molecular weight is 231 g/mol. The fraction of sp³-hybridized carbons (Fsp3) is 0.429. The maximum atomic E-state index is 10.3. The van der Waals surface area contributed by atoms with Crippen LogP contribution < -0.4 is 5.32 Å². The Morgan fingerprint density at radius 1 is 1.35 bits per heavy atom. The molecule has 2 heterocycles. The first-order chi connectivity index (χ1) is 8.34. The number of rotatable bonds is 2. The molecule has 1 aromatic carbocycles. The predicted molar refractivity (Wildman–Crippen MR) is 66.8 cm³/mol. The molecular formula is C14H17NO2. The molecule has 0 spiro atoms. The van der Waals surface area contributed by atoms with Gasteiger partial charge in [0.2, 0.25) is 0 Å². The van der Waals surface area contributed by atoms with Crippen LogP contribution in [-0.4, -0.2) is 18.2 Å². The Kier molecular flexibility index (Phi) is 2.87. The molecule has 1 saturated heterocycles. The number of fused-ring (bicyclic) bond motifs is 1. The van der Waals surface area contributed by atoms with Crippen molar-refractivity contribution < 1.29 is 9.52 Å². The van der Waals surface area contributed by atoms with E-state index in [-0.39, 0.29) is 5.92 Å². The number of hydrogen-bond acceptors (Lipinski definition) is 3. The minimum atomic E-state index is -0.491. The molecule has 2 aromatic rings. The normalized spacial score (nSPS) is 22.8. The Bertz CT molecular complexity index is 467. The summed E-state index contributed by atoms with van der Waals surface area (Å²) in [6, 6.07) is 9.83. The third kappa shape index (κ3) is 2.08. The Hall–Kier alpha value is -1.32. The van der Waals surface area contributed by atoms with Gasteiger partial charge in [0.15, 0.2) is 0 Å². The van der Waals surface area contributed by atoms with Crippen LogP contribution in [0, 0.1) is 5.92 Å². The van der Waals surface area contributed by atoms with Crippen molar-refractivity contribution in [3.05, 3.63) is 36.1 Å². The molecule has 1 fully saturated rings. The number of piperidine rings is 1. The number of para-hydroxylation sites is 1. The first-order valence-electron chi connectivity index (χ1n) is 6.22. The minimum Gasteiger partial charge on any atom is -0.458 e. The third-order valence-electron chi connectivity index (χ3n) is 3.52. The van der Waals surface area contributed by atoms with Crippen LogP contribution in [0.15, 0.2) is 34.7 Å². The summed E-state index contributed by atoms with van der Waals surface area (Å²) in [4.78, 5) is 0. The smallest absolute Gasteiger partial charge is 0.134 e. The lowest BCUT2D eigenvalue weighted by Crippen LogP contribution is -2.33. The molecule has 90 valence electrons. The van der Waals surface area contributed by atoms with Crippen LogP contribution in [0.1, 0.15) is 24.7 Å². The van der Waals surface area contributed by atoms with Gasteiger partial charge in [0.25, 0.3) is 0 Å². The Morgan fingerprint density at radius 2 is 2.24 bits per heavy atom. The Balaban J connectivity index is 1.86. The average Bonchev–Trinajstić information content (AvgIpc) is 2.82. The number of nitrogens with one attached hydrogen (secondary N) is 1. The van der Waals surface area contributed by atoms with Crippen molar-refractivity contribution in [2.75, 3.05) is 13.1 Å². The number of aliphatic hydroxyl groups excluding tert-OH is 1. The van der Waals surface area contributed by atoms with Crippen LogP contribution >= 0.6 is 0 Å². The molecular weight excluding hydrogens is 214 g/mol. The number of furan rings is 1. The third-order valence-corrected chi connectivity index (χ3v) is 3.52. The maximum Gasteiger partial charge on any atom is 0.134 e. The molecule has 17 heavy (non-hydrogen) atoms. The van der Waals surface area contributed by atoms with Crippen molar-refractivity contribution in [3.63, 3.8) is 0 Å². The SMILES string of the molecule is O[C@@H](c1cc2ccccc2o1)[C@H]1CCCNC1. The summed E-state index contributed by atoms with van der Waals surface area (Å²) in [6.07, 6.45) is 1.70. The van der Waals surface area contributed by atoms with E-state index in [1.54, 1.807) is 0 Å². The molecule has 0 amide bonds. The second-order valence-electron chi connectivity index (χ2n) is 4.74. The fourth-order valence-corrected chi connectivity index (χ4v) is 2.53. The zero-order valence-corrected chi connectivity index (χ0v) is 9.73. The van der Waals surface area contributed by atoms with E-state index >= 15 is 0 Å². The summed E-state index contributed by atoms with van der Waals surface area (Å²) in [5.41, 5.74) is 0.852. The molecule has 0 radical (unpaired) electrons. The molecule has 0 aliphatic carbocycles. The van der Waals surface area contributed by atoms with Crippen molar-refractivity contribution >= 4 is 11.0 Å². The molecule has 2 N–H and O–H groups in total. The second kappa shape index (κ2) is 4.51. The van der Waals surface area contributed by atoms with Crippen molar-refractivity contribution in [1.29, 1.82) is 0 Å². The quantitative estimate of drug-likeness (QED) is 0.834. The van der Waals surface area contributed by atoms with Crippen molar-refractivity contribution in [2.45, 2.75) is 18.9 Å². The summed E-state index contributed by atoms with van der Waals surface area (Å²) in [5, 5.41) is 14.7. The van der Waals surface area contributed by atoms with E-state index in [0.717, 1.165) is 36.9 Å². The van der Waals surface area contributed by atoms with E-state index in [2.05, 4.69) is 5.32 Å². The Labute approximate surface area is 100 Å². The predicted octanol–water partition coefficient (Wildman–Crippen LogP) is 2.47. The molecule has 1 aromatic heterocycles. The lowest BCUT2D eigenvalue weighted by Gasteiger charge is -2.25. The number of hydrogen-bond donors (Lipinski definition) is 2. The largest absolute Gasteiger partial charge is 0.458 e. The molecule has 3 heteroatoms. The van der Waals surface area contributed by atoms with Gasteiger partial charge in [-0.15, -0.1) is 0 Å². The highest BCUT2D eigenvalue weighted by Gasteiger charge is 2.25. The first-order valence-corrected chi connectivity index (χ1v) is 6.22. The summed E-state index contributed by atoms with van der Waals surface area (Å²) in [5.74, 6) is 0.962. The van der Waals surface area contributed by atoms with Crippen LogP contribution in [0.4, 0.5) is 0 Å². The lowest BCUT2D eigenvalue weighted by molar-refractivity contribution is 0.0735. The molecule has 0 saturated carbocycles. The highest BCUT2D eigenvalue weighted by Crippen LogP contribution is 2.31. The monoisotopic (exact) mass is 231 g/mol. The van der Waals surface area contributed by atoms with Gasteiger partial charge in [0.1, 0.15) is 17.4 Å². The molecule has 1 aliphatic rings. The van der Waals surface area contributed by atoms with Gasteiger partial charge in [0, 0.05) is 17.8 Å². The Morgan fingerprint density at radius 3 is 3.00 bits per heavy atom. The van der Waals surface area contributed by atoms with Gasteiger partial charge in [-0.2, -0.15) is 0 Å². The van der Waals surface area contributed by atoms with Crippen molar-refractivity contribution in [2.24, 2.45) is 5.92 Å². The molecule has 3 rings (SSSR count). The van der Waals surface area contributed by atoms with E-state index < -0.39 is 6.10 Å². The highest BCUT2D eigenvalue weighted by atomic mass is 16.4. The zero-order chi connectivity index (χ0) is 11.7. The summed E-state index contributed by atoms with van der Waals surface area (Å²) >= 11 is 0. The summed E-state index contributed by atoms with van der Waals surface area (Å²) in [7, 11) is 0. The van der Waals surface area contributed by atoms with Gasteiger partial charge in [-0.3, -0.25) is 0 Å². The molecule has 1 aliphatic heterocycles. The highest BCUT2D eigenvalue weighted by molar-refractivity contribution is 5.77. The number of aliphatic hydroxyl groups is 1. The van der Waals surface area contributed by atoms with E-state index in [1.165, 1.54) is 0 Å². The van der Waals surface area contributed by atoms with Crippen LogP contribution in [0.5, 0.6) is 0 Å². The van der Waals surface area contributed by atoms with Crippen molar-refractivity contribution in [3.8, 4) is 0 Å². The van der Waals surface area contributed by atoms with Gasteiger partial charge >= 0.3 is 0 Å². The van der Waals surface area contributed by atoms with Gasteiger partial charge in [-0.05, 0) is 31.5 Å². The van der Waals surface area contributed by atoms with Gasteiger partial charge < -0.3 is 14.8 Å². The van der Waals surface area contributed by atoms with Crippen LogP contribution in [0.3, 0.4) is 0 Å². The van der Waals surface area contributed by atoms with E-state index in [9.17, 15) is 5.11 Å². The van der Waals surface area contributed by atoms with E-state index in [4.69, 9.17) is 4.42 Å². The van der Waals surface area contributed by atoms with Gasteiger partial charge in [-0.25, -0.2) is 0 Å². The van der Waals surface area contributed by atoms with E-state index in [0.29, 0.717) is 5.76 Å². The zero-order valence-electron chi connectivity index (χ0n) is 9.73. The fourth-order valence-electron chi connectivity index (χ4n) is 2.53. The molecule has 0 bridgehead atoms. The number of benzene rings is 1. The van der Waals surface area contributed by atoms with Crippen molar-refractivity contribution in [1.82, 2.24) is 5.32 Å². The lowest BCUT2D eigenvalue weighted by atomic mass is 9.92. The molecule has 3 nitrogen and oxygen atoms in total. The van der Waals surface area contributed by atoms with Crippen LogP contribution in [0.2, 0.25) is 0 Å². The standard InChI is InChI=1S/C14H17NO2/c16-14(11-5-3-7-15-9-11)13-8-10-4-1-2-6-12(10)17-13/h1-2,4,6,8,11,14-16H,3,5,7,9H2/t11-,14+/m0/s1. The minimum absolute atomic E-state index is 0.268. The molecule has 0 unspecified atom stereocenters. The summed E-state index contributed by atoms with van der Waals surface area (Å²) in [6.45, 7) is 1.93. The second-order valence-corrected chi connectivity index (χ2v) is 4.74. The molecule has 2 atom stereocenters.